The van der Waals surface area contributed by atoms with Gasteiger partial charge in [-0.15, -0.1) is 0 Å². The summed E-state index contributed by atoms with van der Waals surface area (Å²) in [7, 11) is 3.73. The van der Waals surface area contributed by atoms with Crippen LogP contribution in [0.3, 0.4) is 0 Å². The lowest BCUT2D eigenvalue weighted by molar-refractivity contribution is 0.0625. The molecule has 2 aliphatic rings. The number of hydrogen-bond donors (Lipinski definition) is 0. The van der Waals surface area contributed by atoms with Crippen molar-refractivity contribution in [3.8, 4) is 0 Å². The molecule has 0 unspecified atom stereocenters. The van der Waals surface area contributed by atoms with Crippen molar-refractivity contribution in [1.82, 2.24) is 14.4 Å². The van der Waals surface area contributed by atoms with E-state index in [1.807, 2.05) is 23.9 Å². The molecule has 1 amide bonds. The molecule has 0 radical (unpaired) electrons. The minimum absolute atomic E-state index is 0.0843. The molecule has 0 aromatic carbocycles. The van der Waals surface area contributed by atoms with Crippen molar-refractivity contribution in [3.05, 3.63) is 23.5 Å². The molecule has 0 bridgehead atoms. The Morgan fingerprint density at radius 3 is 2.71 bits per heavy atom. The zero-order chi connectivity index (χ0) is 15.2. The normalized spacial score (nSPS) is 25.9. The second-order valence-corrected chi connectivity index (χ2v) is 6.25. The number of likely N-dealkylation sites (tertiary alicyclic amines) is 1. The lowest BCUT2D eigenvalue weighted by atomic mass is 10.0. The zero-order valence-corrected chi connectivity index (χ0v) is 12.8. The summed E-state index contributed by atoms with van der Waals surface area (Å²) in [6, 6.07) is 1.94. The fraction of sp³-hybridized carbons (Fsp3) is 0.600. The third-order valence-electron chi connectivity index (χ3n) is 4.44. The number of carbonyl (C=O) groups excluding carboxylic acids is 2. The van der Waals surface area contributed by atoms with Gasteiger partial charge >= 0.3 is 6.09 Å². The van der Waals surface area contributed by atoms with E-state index in [-0.39, 0.29) is 17.5 Å². The smallest absolute Gasteiger partial charge is 0.410 e. The van der Waals surface area contributed by atoms with Crippen LogP contribution in [0.4, 0.5) is 4.79 Å². The predicted molar refractivity (Wildman–Crippen MR) is 77.2 cm³/mol. The van der Waals surface area contributed by atoms with Crippen LogP contribution in [0.25, 0.3) is 0 Å². The fourth-order valence-electron chi connectivity index (χ4n) is 3.26. The van der Waals surface area contributed by atoms with Crippen molar-refractivity contribution in [2.24, 2.45) is 7.05 Å². The largest absolute Gasteiger partial charge is 0.439 e. The Hall–Kier alpha value is -1.82. The minimum Gasteiger partial charge on any atom is -0.439 e. The second kappa shape index (κ2) is 4.87. The lowest BCUT2D eigenvalue weighted by Crippen LogP contribution is -2.37. The van der Waals surface area contributed by atoms with Gasteiger partial charge in [0.15, 0.2) is 5.78 Å². The highest BCUT2D eigenvalue weighted by molar-refractivity contribution is 5.94. The SMILES string of the molecule is CC(=O)c1cc(CN2CC[C@]3(C2)CN(C)C(=O)O3)n(C)c1. The molecule has 0 aliphatic carbocycles. The first-order valence-electron chi connectivity index (χ1n) is 7.21. The van der Waals surface area contributed by atoms with Crippen LogP contribution >= 0.6 is 0 Å². The molecule has 0 N–H and O–H groups in total. The van der Waals surface area contributed by atoms with Crippen molar-refractivity contribution in [2.75, 3.05) is 26.7 Å². The Kier molecular flexibility index (Phi) is 3.28. The third-order valence-corrected chi connectivity index (χ3v) is 4.44. The molecule has 114 valence electrons. The van der Waals surface area contributed by atoms with E-state index in [0.717, 1.165) is 37.3 Å². The van der Waals surface area contributed by atoms with Gasteiger partial charge in [0, 0.05) is 57.6 Å². The predicted octanol–water partition coefficient (Wildman–Crippen LogP) is 1.25. The molecule has 6 nitrogen and oxygen atoms in total. The lowest BCUT2D eigenvalue weighted by Gasteiger charge is -2.21. The van der Waals surface area contributed by atoms with Gasteiger partial charge in [-0.2, -0.15) is 0 Å². The number of rotatable bonds is 3. The van der Waals surface area contributed by atoms with Gasteiger partial charge in [0.1, 0.15) is 5.60 Å². The number of amides is 1. The number of nitrogens with zero attached hydrogens (tertiary/aromatic N) is 3. The number of ether oxygens (including phenoxy) is 1. The van der Waals surface area contributed by atoms with Gasteiger partial charge in [0.25, 0.3) is 0 Å². The van der Waals surface area contributed by atoms with Crippen LogP contribution in [-0.4, -0.2) is 58.5 Å². The van der Waals surface area contributed by atoms with Crippen LogP contribution in [0.5, 0.6) is 0 Å². The maximum absolute atomic E-state index is 11.6. The fourth-order valence-corrected chi connectivity index (χ4v) is 3.26. The van der Waals surface area contributed by atoms with Crippen LogP contribution in [0.15, 0.2) is 12.3 Å². The Balaban J connectivity index is 1.68. The van der Waals surface area contributed by atoms with Gasteiger partial charge in [-0.25, -0.2) is 4.79 Å². The molecule has 1 atom stereocenters. The number of likely N-dealkylation sites (N-methyl/N-ethyl adjacent to an activating group) is 1. The highest BCUT2D eigenvalue weighted by atomic mass is 16.6. The summed E-state index contributed by atoms with van der Waals surface area (Å²) >= 11 is 0. The van der Waals surface area contributed by atoms with E-state index in [9.17, 15) is 9.59 Å². The van der Waals surface area contributed by atoms with E-state index < -0.39 is 0 Å². The molecule has 3 heterocycles. The number of carbonyl (C=O) groups is 2. The second-order valence-electron chi connectivity index (χ2n) is 6.25. The van der Waals surface area contributed by atoms with Gasteiger partial charge in [0.2, 0.25) is 0 Å². The van der Waals surface area contributed by atoms with Gasteiger partial charge in [0.05, 0.1) is 6.54 Å². The number of aryl methyl sites for hydroxylation is 1. The van der Waals surface area contributed by atoms with Crippen LogP contribution in [0, 0.1) is 0 Å². The quantitative estimate of drug-likeness (QED) is 0.787. The molecule has 0 saturated carbocycles. The molecule has 2 saturated heterocycles. The molecule has 1 spiro atoms. The molecule has 2 fully saturated rings. The Bertz CT molecular complexity index is 595. The number of ketones is 1. The maximum atomic E-state index is 11.6. The van der Waals surface area contributed by atoms with Crippen molar-refractivity contribution in [1.29, 1.82) is 0 Å². The highest BCUT2D eigenvalue weighted by Gasteiger charge is 2.48. The first-order valence-corrected chi connectivity index (χ1v) is 7.21. The van der Waals surface area contributed by atoms with Gasteiger partial charge in [-0.05, 0) is 13.0 Å². The third kappa shape index (κ3) is 2.55. The number of hydrogen-bond acceptors (Lipinski definition) is 4. The molecular weight excluding hydrogens is 270 g/mol. The maximum Gasteiger partial charge on any atom is 0.410 e. The van der Waals surface area contributed by atoms with Crippen molar-refractivity contribution in [2.45, 2.75) is 25.5 Å². The molecule has 1 aromatic rings. The molecular formula is C15H21N3O3. The average Bonchev–Trinajstić information content (AvgIpc) is 3.03. The summed E-state index contributed by atoms with van der Waals surface area (Å²) in [5.74, 6) is 0.0843. The molecule has 2 aliphatic heterocycles. The molecule has 1 aromatic heterocycles. The van der Waals surface area contributed by atoms with E-state index in [0.29, 0.717) is 6.54 Å². The Morgan fingerprint density at radius 1 is 1.38 bits per heavy atom. The van der Waals surface area contributed by atoms with E-state index in [4.69, 9.17) is 4.74 Å². The van der Waals surface area contributed by atoms with Crippen LogP contribution in [-0.2, 0) is 18.3 Å². The monoisotopic (exact) mass is 291 g/mol. The van der Waals surface area contributed by atoms with Gasteiger partial charge in [-0.3, -0.25) is 9.69 Å². The standard InChI is InChI=1S/C15H21N3O3/c1-11(19)12-6-13(16(2)7-12)8-18-5-4-15(10-18)9-17(3)14(20)21-15/h6-7H,4-5,8-10H2,1-3H3/t15-/m1/s1. The molecule has 3 rings (SSSR count). The zero-order valence-electron chi connectivity index (χ0n) is 12.8. The van der Waals surface area contributed by atoms with E-state index >= 15 is 0 Å². The summed E-state index contributed by atoms with van der Waals surface area (Å²) in [5.41, 5.74) is 1.50. The van der Waals surface area contributed by atoms with Gasteiger partial charge < -0.3 is 14.2 Å². The summed E-state index contributed by atoms with van der Waals surface area (Å²) in [4.78, 5) is 26.9. The highest BCUT2D eigenvalue weighted by Crippen LogP contribution is 2.32. The topological polar surface area (TPSA) is 54.8 Å². The van der Waals surface area contributed by atoms with Crippen molar-refractivity contribution < 1.29 is 14.3 Å². The summed E-state index contributed by atoms with van der Waals surface area (Å²) < 4.78 is 7.54. The minimum atomic E-state index is -0.347. The molecule has 21 heavy (non-hydrogen) atoms. The van der Waals surface area contributed by atoms with E-state index in [1.54, 1.807) is 18.9 Å². The van der Waals surface area contributed by atoms with Gasteiger partial charge in [-0.1, -0.05) is 0 Å². The van der Waals surface area contributed by atoms with Crippen molar-refractivity contribution >= 4 is 11.9 Å². The van der Waals surface area contributed by atoms with Crippen LogP contribution < -0.4 is 0 Å². The molecule has 6 heteroatoms. The Morgan fingerprint density at radius 2 is 2.14 bits per heavy atom. The van der Waals surface area contributed by atoms with Crippen molar-refractivity contribution in [3.63, 3.8) is 0 Å². The number of aromatic nitrogens is 1. The van der Waals surface area contributed by atoms with Crippen LogP contribution in [0.1, 0.15) is 29.4 Å². The summed E-state index contributed by atoms with van der Waals surface area (Å²) in [6.07, 6.45) is 2.51. The van der Waals surface area contributed by atoms with Crippen LogP contribution in [0.2, 0.25) is 0 Å². The van der Waals surface area contributed by atoms with E-state index in [2.05, 4.69) is 4.90 Å². The first kappa shape index (κ1) is 14.1. The number of Topliss-reactive ketones (excluding diaryl/α,β-unsaturated/α-hetero) is 1. The first-order chi connectivity index (χ1) is 9.88. The summed E-state index contributed by atoms with van der Waals surface area (Å²) in [5, 5.41) is 0. The van der Waals surface area contributed by atoms with E-state index in [1.165, 1.54) is 0 Å². The Labute approximate surface area is 124 Å². The average molecular weight is 291 g/mol. The summed E-state index contributed by atoms with van der Waals surface area (Å²) in [6.45, 7) is 4.67.